The van der Waals surface area contributed by atoms with E-state index in [0.717, 1.165) is 23.8 Å². The summed E-state index contributed by atoms with van der Waals surface area (Å²) >= 11 is 0. The third-order valence-corrected chi connectivity index (χ3v) is 8.99. The molecule has 0 radical (unpaired) electrons. The van der Waals surface area contributed by atoms with Crippen molar-refractivity contribution in [1.29, 1.82) is 0 Å². The number of fused-ring (bicyclic) bond motifs is 3. The molecule has 0 bridgehead atoms. The molecule has 3 heteroatoms. The Bertz CT molecular complexity index is 2100. The molecule has 6 aromatic rings. The second-order valence-electron chi connectivity index (χ2n) is 11.8. The molecule has 0 aromatic heterocycles. The van der Waals surface area contributed by atoms with Crippen LogP contribution in [-0.4, -0.2) is 23.4 Å². The van der Waals surface area contributed by atoms with Crippen molar-refractivity contribution in [1.82, 2.24) is 0 Å². The van der Waals surface area contributed by atoms with Crippen LogP contribution < -0.4 is 10.4 Å². The van der Waals surface area contributed by atoms with E-state index in [0.29, 0.717) is 24.7 Å². The molecule has 0 spiro atoms. The Labute approximate surface area is 263 Å². The fraction of sp³-hybridized carbons (Fsp3) is 0.143. The summed E-state index contributed by atoms with van der Waals surface area (Å²) in [6.45, 7) is 2.71. The molecule has 7 rings (SSSR count). The summed E-state index contributed by atoms with van der Waals surface area (Å²) in [6.07, 6.45) is 4.91. The van der Waals surface area contributed by atoms with Gasteiger partial charge in [0.1, 0.15) is 6.26 Å². The number of benzene rings is 6. The normalized spacial score (nSPS) is 14.8. The Kier molecular flexibility index (Phi) is 7.94. The number of hydrogen-bond acceptors (Lipinski definition) is 3. The zero-order chi connectivity index (χ0) is 30.8. The van der Waals surface area contributed by atoms with Crippen LogP contribution in [0.1, 0.15) is 30.9 Å². The van der Waals surface area contributed by atoms with Gasteiger partial charge in [-0.25, -0.2) is 0 Å². The quantitative estimate of drug-likeness (QED) is 0.106. The van der Waals surface area contributed by atoms with E-state index in [9.17, 15) is 5.11 Å². The molecule has 1 atom stereocenters. The van der Waals surface area contributed by atoms with E-state index in [1.807, 2.05) is 12.1 Å². The van der Waals surface area contributed by atoms with E-state index in [2.05, 4.69) is 122 Å². The summed E-state index contributed by atoms with van der Waals surface area (Å²) in [5.41, 5.74) is 8.22. The lowest BCUT2D eigenvalue weighted by molar-refractivity contribution is 0.211. The lowest BCUT2D eigenvalue weighted by Crippen LogP contribution is -2.32. The van der Waals surface area contributed by atoms with Gasteiger partial charge < -0.3 is 14.9 Å². The van der Waals surface area contributed by atoms with Crippen LogP contribution in [0.2, 0.25) is 0 Å². The molecule has 1 aliphatic carbocycles. The minimum Gasteiger partial charge on any atom is -0.512 e. The molecule has 0 heterocycles. The van der Waals surface area contributed by atoms with E-state index < -0.39 is 0 Å². The van der Waals surface area contributed by atoms with E-state index >= 15 is 0 Å². The number of aliphatic hydroxyl groups is 2. The third kappa shape index (κ3) is 5.30. The van der Waals surface area contributed by atoms with E-state index in [1.54, 1.807) is 0 Å². The molecule has 222 valence electrons. The van der Waals surface area contributed by atoms with Gasteiger partial charge in [0.2, 0.25) is 0 Å². The highest BCUT2D eigenvalue weighted by molar-refractivity contribution is 6.21. The molecule has 0 amide bonds. The van der Waals surface area contributed by atoms with Gasteiger partial charge in [-0.3, -0.25) is 0 Å². The molecule has 6 aromatic carbocycles. The fourth-order valence-electron chi connectivity index (χ4n) is 6.86. The van der Waals surface area contributed by atoms with E-state index in [4.69, 9.17) is 9.84 Å². The van der Waals surface area contributed by atoms with Crippen molar-refractivity contribution in [2.75, 3.05) is 13.2 Å². The smallest absolute Gasteiger partial charge is 0.160 e. The Hall–Kier alpha value is -5.12. The fourth-order valence-corrected chi connectivity index (χ4v) is 6.86. The maximum atomic E-state index is 9.78. The number of aliphatic hydroxyl groups excluding tert-OH is 2. The largest absolute Gasteiger partial charge is 0.512 e. The highest BCUT2D eigenvalue weighted by Crippen LogP contribution is 2.44. The van der Waals surface area contributed by atoms with Crippen molar-refractivity contribution in [2.45, 2.75) is 19.8 Å². The van der Waals surface area contributed by atoms with E-state index in [-0.39, 0.29) is 6.61 Å². The zero-order valence-corrected chi connectivity index (χ0v) is 25.4. The van der Waals surface area contributed by atoms with Crippen LogP contribution in [-0.2, 0) is 4.74 Å². The van der Waals surface area contributed by atoms with Crippen LogP contribution >= 0.6 is 0 Å². The van der Waals surface area contributed by atoms with Crippen molar-refractivity contribution in [2.24, 2.45) is 5.92 Å². The van der Waals surface area contributed by atoms with Gasteiger partial charge in [-0.15, -0.1) is 0 Å². The summed E-state index contributed by atoms with van der Waals surface area (Å²) < 4.78 is 5.69. The first-order chi connectivity index (χ1) is 22.2. The van der Waals surface area contributed by atoms with Crippen molar-refractivity contribution in [3.8, 4) is 22.3 Å². The second kappa shape index (κ2) is 12.5. The summed E-state index contributed by atoms with van der Waals surface area (Å²) in [6, 6.07) is 43.4. The standard InChI is InChI=1S/C42H36O3/c1-28-15-16-29-9-2-3-10-34(29)40(28)31-21-23-33(24-22-31)42-37-13-6-4-11-35(37)41(36-12-5-7-14-38(36)42)32-19-17-30(18-20-32)39(27-44)45-26-8-25-43/h2-7,9-14,16-24,27-28,43-44H,8,15,25-26H2,1H3/b39-27-. The monoisotopic (exact) mass is 588 g/mol. The van der Waals surface area contributed by atoms with Crippen LogP contribution in [0.5, 0.6) is 0 Å². The molecule has 0 saturated carbocycles. The van der Waals surface area contributed by atoms with Gasteiger partial charge in [-0.2, -0.15) is 0 Å². The first-order valence-corrected chi connectivity index (χ1v) is 15.7. The van der Waals surface area contributed by atoms with Crippen LogP contribution in [0.3, 0.4) is 0 Å². The van der Waals surface area contributed by atoms with Gasteiger partial charge in [-0.1, -0.05) is 134 Å². The molecule has 0 aliphatic heterocycles. The third-order valence-electron chi connectivity index (χ3n) is 8.99. The predicted molar refractivity (Wildman–Crippen MR) is 187 cm³/mol. The Morgan fingerprint density at radius 1 is 0.689 bits per heavy atom. The van der Waals surface area contributed by atoms with Gasteiger partial charge in [0.05, 0.1) is 6.61 Å². The minimum atomic E-state index is 0.0456. The van der Waals surface area contributed by atoms with Crippen molar-refractivity contribution in [3.05, 3.63) is 149 Å². The summed E-state index contributed by atoms with van der Waals surface area (Å²) in [5.74, 6) is 0.861. The van der Waals surface area contributed by atoms with Gasteiger partial charge in [0.15, 0.2) is 5.76 Å². The van der Waals surface area contributed by atoms with Gasteiger partial charge >= 0.3 is 0 Å². The SMILES string of the molecule is CC1CC=c2ccccc2=C1c1ccc(-c2c3ccccc3c(-c3ccc(/C(=C/O)OCCCO)cc3)c3ccccc23)cc1. The van der Waals surface area contributed by atoms with Crippen LogP contribution in [0.25, 0.3) is 61.2 Å². The molecule has 2 N–H and O–H groups in total. The summed E-state index contributed by atoms with van der Waals surface area (Å²) in [5, 5.41) is 26.4. The highest BCUT2D eigenvalue weighted by atomic mass is 16.5. The Morgan fingerprint density at radius 2 is 1.20 bits per heavy atom. The Morgan fingerprint density at radius 3 is 1.76 bits per heavy atom. The zero-order valence-electron chi connectivity index (χ0n) is 25.4. The molecule has 0 saturated heterocycles. The molecule has 45 heavy (non-hydrogen) atoms. The lowest BCUT2D eigenvalue weighted by atomic mass is 9.83. The number of ether oxygens (including phenoxy) is 1. The first kappa shape index (κ1) is 28.6. The molecule has 3 nitrogen and oxygen atoms in total. The van der Waals surface area contributed by atoms with Crippen molar-refractivity contribution in [3.63, 3.8) is 0 Å². The van der Waals surface area contributed by atoms with Crippen molar-refractivity contribution < 1.29 is 14.9 Å². The summed E-state index contributed by atoms with van der Waals surface area (Å²) in [7, 11) is 0. The first-order valence-electron chi connectivity index (χ1n) is 15.7. The maximum Gasteiger partial charge on any atom is 0.160 e. The van der Waals surface area contributed by atoms with Crippen LogP contribution in [0.15, 0.2) is 128 Å². The van der Waals surface area contributed by atoms with Crippen LogP contribution in [0.4, 0.5) is 0 Å². The number of hydrogen-bond donors (Lipinski definition) is 2. The lowest BCUT2D eigenvalue weighted by Gasteiger charge is -2.20. The summed E-state index contributed by atoms with van der Waals surface area (Å²) in [4.78, 5) is 0. The second-order valence-corrected chi connectivity index (χ2v) is 11.8. The van der Waals surface area contributed by atoms with Crippen LogP contribution in [0, 0.1) is 5.92 Å². The molecular weight excluding hydrogens is 552 g/mol. The number of rotatable bonds is 8. The molecule has 1 aliphatic rings. The average Bonchev–Trinajstić information content (AvgIpc) is 3.09. The van der Waals surface area contributed by atoms with E-state index in [1.165, 1.54) is 59.8 Å². The van der Waals surface area contributed by atoms with Crippen molar-refractivity contribution >= 4 is 39.0 Å². The Balaban J connectivity index is 1.36. The average molecular weight is 589 g/mol. The van der Waals surface area contributed by atoms with Gasteiger partial charge in [-0.05, 0) is 77.7 Å². The van der Waals surface area contributed by atoms with Gasteiger partial charge in [0.25, 0.3) is 0 Å². The van der Waals surface area contributed by atoms with Gasteiger partial charge in [0, 0.05) is 18.6 Å². The topological polar surface area (TPSA) is 49.7 Å². The molecule has 1 unspecified atom stereocenters. The minimum absolute atomic E-state index is 0.0456. The highest BCUT2D eigenvalue weighted by Gasteiger charge is 2.19. The molecule has 0 fully saturated rings. The maximum absolute atomic E-state index is 9.78. The predicted octanol–water partition coefficient (Wildman–Crippen LogP) is 8.60. The molecular formula is C42H36O3.